The Morgan fingerprint density at radius 1 is 1.33 bits per heavy atom. The normalized spacial score (nSPS) is 25.0. The number of nitrogens with zero attached hydrogens (tertiary/aromatic N) is 2. The minimum Gasteiger partial charge on any atom is -0.467 e. The minimum absolute atomic E-state index is 0.0993. The molecule has 2 unspecified atom stereocenters. The maximum absolute atomic E-state index is 12.3. The van der Waals surface area contributed by atoms with Crippen LogP contribution in [-0.2, 0) is 4.79 Å². The van der Waals surface area contributed by atoms with Gasteiger partial charge in [-0.15, -0.1) is 11.6 Å². The lowest BCUT2D eigenvalue weighted by Crippen LogP contribution is -2.32. The van der Waals surface area contributed by atoms with Crippen LogP contribution in [0.5, 0.6) is 0 Å². The molecule has 1 amide bonds. The lowest BCUT2D eigenvalue weighted by atomic mass is 9.79. The summed E-state index contributed by atoms with van der Waals surface area (Å²) in [7, 11) is 0. The second kappa shape index (κ2) is 6.32. The lowest BCUT2D eigenvalue weighted by molar-refractivity contribution is -0.131. The van der Waals surface area contributed by atoms with E-state index < -0.39 is 0 Å². The molecular formula is C18H17ClN2O3. The van der Waals surface area contributed by atoms with Gasteiger partial charge in [-0.25, -0.2) is 5.01 Å². The summed E-state index contributed by atoms with van der Waals surface area (Å²) in [5.74, 6) is 1.36. The third-order valence-electron chi connectivity index (χ3n) is 4.57. The molecule has 6 heteroatoms. The molecule has 1 aliphatic carbocycles. The van der Waals surface area contributed by atoms with Gasteiger partial charge < -0.3 is 8.83 Å². The largest absolute Gasteiger partial charge is 0.467 e. The van der Waals surface area contributed by atoms with Gasteiger partial charge in [0.1, 0.15) is 23.4 Å². The van der Waals surface area contributed by atoms with Crippen molar-refractivity contribution in [2.24, 2.45) is 11.0 Å². The van der Waals surface area contributed by atoms with E-state index in [1.165, 1.54) is 5.01 Å². The van der Waals surface area contributed by atoms with Crippen molar-refractivity contribution in [1.29, 1.82) is 0 Å². The van der Waals surface area contributed by atoms with E-state index in [1.54, 1.807) is 12.5 Å². The maximum Gasteiger partial charge on any atom is 0.258 e. The summed E-state index contributed by atoms with van der Waals surface area (Å²) in [5, 5.41) is 6.12. The SMILES string of the molecule is O=C(CCl)N1N=C2C(=Cc3ccco3)CCCC2C1c1ccco1. The molecule has 0 aromatic carbocycles. The molecule has 2 aromatic rings. The molecule has 2 aliphatic rings. The molecule has 5 nitrogen and oxygen atoms in total. The molecule has 124 valence electrons. The first kappa shape index (κ1) is 15.3. The zero-order valence-electron chi connectivity index (χ0n) is 13.0. The van der Waals surface area contributed by atoms with Crippen LogP contribution >= 0.6 is 11.6 Å². The Kier molecular flexibility index (Phi) is 4.02. The highest BCUT2D eigenvalue weighted by Crippen LogP contribution is 2.44. The van der Waals surface area contributed by atoms with Gasteiger partial charge in [0.05, 0.1) is 18.2 Å². The fourth-order valence-electron chi connectivity index (χ4n) is 3.55. The number of hydrogen-bond donors (Lipinski definition) is 0. The number of fused-ring (bicyclic) bond motifs is 1. The van der Waals surface area contributed by atoms with Crippen LogP contribution < -0.4 is 0 Å². The van der Waals surface area contributed by atoms with E-state index in [0.717, 1.165) is 42.1 Å². The number of furan rings is 2. The number of hydrazone groups is 1. The van der Waals surface area contributed by atoms with E-state index in [1.807, 2.05) is 30.3 Å². The standard InChI is InChI=1S/C18H17ClN2O3/c19-11-16(22)21-18(15-7-3-9-24-15)14-6-1-4-12(17(14)20-21)10-13-5-2-8-23-13/h2-3,5,7-10,14,18H,1,4,6,11H2. The summed E-state index contributed by atoms with van der Waals surface area (Å²) < 4.78 is 11.0. The first-order chi connectivity index (χ1) is 11.8. The third kappa shape index (κ3) is 2.59. The van der Waals surface area contributed by atoms with E-state index in [9.17, 15) is 4.79 Å². The summed E-state index contributed by atoms with van der Waals surface area (Å²) in [4.78, 5) is 12.3. The summed E-state index contributed by atoms with van der Waals surface area (Å²) in [6, 6.07) is 7.28. The van der Waals surface area contributed by atoms with Gasteiger partial charge in [-0.2, -0.15) is 5.10 Å². The predicted octanol–water partition coefficient (Wildman–Crippen LogP) is 4.23. The first-order valence-electron chi connectivity index (χ1n) is 8.02. The quantitative estimate of drug-likeness (QED) is 0.783. The van der Waals surface area contributed by atoms with Gasteiger partial charge in [-0.3, -0.25) is 4.79 Å². The zero-order valence-corrected chi connectivity index (χ0v) is 13.8. The van der Waals surface area contributed by atoms with Crippen LogP contribution in [0.15, 0.2) is 56.3 Å². The maximum atomic E-state index is 12.3. The first-order valence-corrected chi connectivity index (χ1v) is 8.56. The monoisotopic (exact) mass is 344 g/mol. The van der Waals surface area contributed by atoms with E-state index in [4.69, 9.17) is 20.4 Å². The van der Waals surface area contributed by atoms with Gasteiger partial charge in [0, 0.05) is 5.92 Å². The Morgan fingerprint density at radius 2 is 2.17 bits per heavy atom. The van der Waals surface area contributed by atoms with E-state index >= 15 is 0 Å². The molecule has 3 heterocycles. The van der Waals surface area contributed by atoms with Crippen molar-refractivity contribution in [2.75, 3.05) is 5.88 Å². The Balaban J connectivity index is 1.74. The Bertz CT molecular complexity index is 777. The summed E-state index contributed by atoms with van der Waals surface area (Å²) in [6.07, 6.45) is 8.21. The van der Waals surface area contributed by atoms with Gasteiger partial charge in [0.25, 0.3) is 5.91 Å². The second-order valence-electron chi connectivity index (χ2n) is 6.00. The van der Waals surface area contributed by atoms with E-state index in [0.29, 0.717) is 0 Å². The minimum atomic E-state index is -0.221. The van der Waals surface area contributed by atoms with Crippen LogP contribution in [0.3, 0.4) is 0 Å². The van der Waals surface area contributed by atoms with Gasteiger partial charge in [-0.05, 0) is 55.2 Å². The Labute approximate surface area is 144 Å². The fourth-order valence-corrected chi connectivity index (χ4v) is 3.67. The number of halogens is 1. The molecule has 4 rings (SSSR count). The molecule has 2 atom stereocenters. The highest BCUT2D eigenvalue weighted by molar-refractivity contribution is 6.27. The van der Waals surface area contributed by atoms with Gasteiger partial charge in [0.15, 0.2) is 0 Å². The van der Waals surface area contributed by atoms with Crippen molar-refractivity contribution >= 4 is 29.3 Å². The van der Waals surface area contributed by atoms with Gasteiger partial charge in [-0.1, -0.05) is 0 Å². The van der Waals surface area contributed by atoms with Crippen LogP contribution in [0.1, 0.15) is 36.8 Å². The van der Waals surface area contributed by atoms with Crippen molar-refractivity contribution in [1.82, 2.24) is 5.01 Å². The third-order valence-corrected chi connectivity index (χ3v) is 4.79. The van der Waals surface area contributed by atoms with Crippen LogP contribution in [0, 0.1) is 5.92 Å². The number of amides is 1. The molecule has 0 saturated heterocycles. The highest BCUT2D eigenvalue weighted by atomic mass is 35.5. The summed E-state index contributed by atoms with van der Waals surface area (Å²) in [6.45, 7) is 0. The van der Waals surface area contributed by atoms with E-state index in [-0.39, 0.29) is 23.7 Å². The molecule has 2 aromatic heterocycles. The highest BCUT2D eigenvalue weighted by Gasteiger charge is 2.44. The van der Waals surface area contributed by atoms with Crippen LogP contribution in [-0.4, -0.2) is 22.5 Å². The molecule has 0 spiro atoms. The van der Waals surface area contributed by atoms with Crippen molar-refractivity contribution < 1.29 is 13.6 Å². The van der Waals surface area contributed by atoms with Crippen LogP contribution in [0.25, 0.3) is 6.08 Å². The summed E-state index contributed by atoms with van der Waals surface area (Å²) in [5.41, 5.74) is 2.06. The predicted molar refractivity (Wildman–Crippen MR) is 90.5 cm³/mol. The van der Waals surface area contributed by atoms with Gasteiger partial charge in [0.2, 0.25) is 0 Å². The average molecular weight is 345 g/mol. The molecular weight excluding hydrogens is 328 g/mol. The number of allylic oxidation sites excluding steroid dienone is 1. The summed E-state index contributed by atoms with van der Waals surface area (Å²) >= 11 is 5.79. The number of carbonyl (C=O) groups excluding carboxylic acids is 1. The van der Waals surface area contributed by atoms with Crippen LogP contribution in [0.4, 0.5) is 0 Å². The number of hydrogen-bond acceptors (Lipinski definition) is 4. The molecule has 0 bridgehead atoms. The van der Waals surface area contributed by atoms with E-state index in [2.05, 4.69) is 5.10 Å². The smallest absolute Gasteiger partial charge is 0.258 e. The Hall–Kier alpha value is -2.27. The molecule has 1 fully saturated rings. The van der Waals surface area contributed by atoms with Crippen LogP contribution in [0.2, 0.25) is 0 Å². The molecule has 0 N–H and O–H groups in total. The number of rotatable bonds is 3. The average Bonchev–Trinajstić information content (AvgIpc) is 3.33. The van der Waals surface area contributed by atoms with Crippen molar-refractivity contribution in [3.05, 3.63) is 53.9 Å². The van der Waals surface area contributed by atoms with Crippen molar-refractivity contribution in [3.63, 3.8) is 0 Å². The van der Waals surface area contributed by atoms with Gasteiger partial charge >= 0.3 is 0 Å². The zero-order chi connectivity index (χ0) is 16.5. The van der Waals surface area contributed by atoms with Crippen molar-refractivity contribution in [3.8, 4) is 0 Å². The fraction of sp³-hybridized carbons (Fsp3) is 0.333. The van der Waals surface area contributed by atoms with Crippen molar-refractivity contribution in [2.45, 2.75) is 25.3 Å². The number of alkyl halides is 1. The lowest BCUT2D eigenvalue weighted by Gasteiger charge is -2.27. The molecule has 1 saturated carbocycles. The molecule has 24 heavy (non-hydrogen) atoms. The molecule has 1 aliphatic heterocycles. The molecule has 0 radical (unpaired) electrons. The Morgan fingerprint density at radius 3 is 2.88 bits per heavy atom. The topological polar surface area (TPSA) is 59.0 Å². The number of carbonyl (C=O) groups is 1. The second-order valence-corrected chi connectivity index (χ2v) is 6.27.